The summed E-state index contributed by atoms with van der Waals surface area (Å²) in [6.07, 6.45) is 1.86. The summed E-state index contributed by atoms with van der Waals surface area (Å²) in [7, 11) is 0. The first-order chi connectivity index (χ1) is 9.85. The monoisotopic (exact) mass is 275 g/mol. The molecule has 0 atom stereocenters. The fourth-order valence-electron chi connectivity index (χ4n) is 1.89. The summed E-state index contributed by atoms with van der Waals surface area (Å²) in [5, 5.41) is 11.5. The molecule has 0 aliphatic heterocycles. The SMILES string of the molecule is CCCNCCc1nnc(-c2ccccc2OCC)o1. The second-order valence-electron chi connectivity index (χ2n) is 4.43. The normalized spacial score (nSPS) is 10.7. The van der Waals surface area contributed by atoms with Crippen LogP contribution in [-0.4, -0.2) is 29.9 Å². The number of hydrogen-bond acceptors (Lipinski definition) is 5. The Hall–Kier alpha value is -1.88. The molecule has 0 aliphatic carbocycles. The van der Waals surface area contributed by atoms with E-state index in [1.807, 2.05) is 31.2 Å². The fourth-order valence-corrected chi connectivity index (χ4v) is 1.89. The van der Waals surface area contributed by atoms with Gasteiger partial charge in [0.15, 0.2) is 0 Å². The third-order valence-electron chi connectivity index (χ3n) is 2.83. The molecule has 0 bridgehead atoms. The zero-order valence-electron chi connectivity index (χ0n) is 12.1. The quantitative estimate of drug-likeness (QED) is 0.750. The first-order valence-corrected chi connectivity index (χ1v) is 7.10. The molecule has 1 heterocycles. The summed E-state index contributed by atoms with van der Waals surface area (Å²) < 4.78 is 11.3. The van der Waals surface area contributed by atoms with E-state index in [0.717, 1.165) is 37.2 Å². The largest absolute Gasteiger partial charge is 0.493 e. The summed E-state index contributed by atoms with van der Waals surface area (Å²) in [4.78, 5) is 0. The van der Waals surface area contributed by atoms with Crippen LogP contribution in [0.25, 0.3) is 11.5 Å². The van der Waals surface area contributed by atoms with Gasteiger partial charge in [-0.2, -0.15) is 0 Å². The van der Waals surface area contributed by atoms with Crippen LogP contribution in [0.3, 0.4) is 0 Å². The van der Waals surface area contributed by atoms with E-state index in [9.17, 15) is 0 Å². The summed E-state index contributed by atoms with van der Waals surface area (Å²) in [6, 6.07) is 7.70. The molecule has 5 nitrogen and oxygen atoms in total. The molecule has 5 heteroatoms. The van der Waals surface area contributed by atoms with Crippen molar-refractivity contribution in [2.45, 2.75) is 26.7 Å². The van der Waals surface area contributed by atoms with Crippen LogP contribution in [0.1, 0.15) is 26.2 Å². The topological polar surface area (TPSA) is 60.2 Å². The summed E-state index contributed by atoms with van der Waals surface area (Å²) >= 11 is 0. The van der Waals surface area contributed by atoms with Crippen molar-refractivity contribution in [3.05, 3.63) is 30.2 Å². The molecule has 1 aromatic carbocycles. The van der Waals surface area contributed by atoms with Gasteiger partial charge in [0, 0.05) is 13.0 Å². The summed E-state index contributed by atoms with van der Waals surface area (Å²) in [5.74, 6) is 1.93. The van der Waals surface area contributed by atoms with Crippen LogP contribution in [0.15, 0.2) is 28.7 Å². The zero-order chi connectivity index (χ0) is 14.2. The van der Waals surface area contributed by atoms with Gasteiger partial charge in [0.05, 0.1) is 12.2 Å². The van der Waals surface area contributed by atoms with Gasteiger partial charge >= 0.3 is 0 Å². The maximum atomic E-state index is 5.69. The van der Waals surface area contributed by atoms with Gasteiger partial charge in [-0.15, -0.1) is 10.2 Å². The van der Waals surface area contributed by atoms with Gasteiger partial charge in [-0.1, -0.05) is 19.1 Å². The Kier molecular flexibility index (Phi) is 5.55. The molecule has 0 unspecified atom stereocenters. The molecule has 1 aromatic heterocycles. The predicted molar refractivity (Wildman–Crippen MR) is 77.8 cm³/mol. The molecular formula is C15H21N3O2. The highest BCUT2D eigenvalue weighted by Crippen LogP contribution is 2.28. The average Bonchev–Trinajstić information content (AvgIpc) is 2.93. The van der Waals surface area contributed by atoms with E-state index in [0.29, 0.717) is 18.4 Å². The molecule has 2 rings (SSSR count). The molecule has 0 aliphatic rings. The smallest absolute Gasteiger partial charge is 0.251 e. The molecule has 0 fully saturated rings. The van der Waals surface area contributed by atoms with Gasteiger partial charge in [-0.25, -0.2) is 0 Å². The lowest BCUT2D eigenvalue weighted by molar-refractivity contribution is 0.340. The molecule has 20 heavy (non-hydrogen) atoms. The van der Waals surface area contributed by atoms with Gasteiger partial charge in [0.1, 0.15) is 5.75 Å². The fraction of sp³-hybridized carbons (Fsp3) is 0.467. The minimum atomic E-state index is 0.513. The molecule has 0 spiro atoms. The molecule has 1 N–H and O–H groups in total. The lowest BCUT2D eigenvalue weighted by atomic mass is 10.2. The minimum Gasteiger partial charge on any atom is -0.493 e. The third kappa shape index (κ3) is 3.81. The maximum Gasteiger partial charge on any atom is 0.251 e. The standard InChI is InChI=1S/C15H21N3O2/c1-3-10-16-11-9-14-17-18-15(20-14)12-7-5-6-8-13(12)19-4-2/h5-8,16H,3-4,9-11H2,1-2H3. The van der Waals surface area contributed by atoms with Crippen molar-refractivity contribution in [3.8, 4) is 17.2 Å². The molecule has 2 aromatic rings. The number of hydrogen-bond donors (Lipinski definition) is 1. The lowest BCUT2D eigenvalue weighted by Gasteiger charge is -2.06. The van der Waals surface area contributed by atoms with Crippen LogP contribution in [0.5, 0.6) is 5.75 Å². The Morgan fingerprint density at radius 1 is 1.15 bits per heavy atom. The number of rotatable bonds is 8. The number of nitrogens with one attached hydrogen (secondary N) is 1. The first-order valence-electron chi connectivity index (χ1n) is 7.10. The highest BCUT2D eigenvalue weighted by atomic mass is 16.5. The lowest BCUT2D eigenvalue weighted by Crippen LogP contribution is -2.17. The van der Waals surface area contributed by atoms with Gasteiger partial charge in [-0.05, 0) is 32.0 Å². The Morgan fingerprint density at radius 2 is 2.00 bits per heavy atom. The van der Waals surface area contributed by atoms with E-state index in [4.69, 9.17) is 9.15 Å². The molecule has 0 saturated heterocycles. The Bertz CT molecular complexity index is 525. The van der Waals surface area contributed by atoms with Crippen LogP contribution in [0.2, 0.25) is 0 Å². The van der Waals surface area contributed by atoms with Crippen LogP contribution < -0.4 is 10.1 Å². The van der Waals surface area contributed by atoms with Gasteiger partial charge in [0.25, 0.3) is 5.89 Å². The molecule has 0 amide bonds. The van der Waals surface area contributed by atoms with Crippen molar-refractivity contribution in [1.29, 1.82) is 0 Å². The van der Waals surface area contributed by atoms with Crippen molar-refractivity contribution in [1.82, 2.24) is 15.5 Å². The van der Waals surface area contributed by atoms with Gasteiger partial charge in [-0.3, -0.25) is 0 Å². The van der Waals surface area contributed by atoms with Gasteiger partial charge < -0.3 is 14.5 Å². The van der Waals surface area contributed by atoms with E-state index in [1.54, 1.807) is 0 Å². The van der Waals surface area contributed by atoms with Crippen molar-refractivity contribution < 1.29 is 9.15 Å². The minimum absolute atomic E-state index is 0.513. The van der Waals surface area contributed by atoms with Crippen LogP contribution in [0, 0.1) is 0 Å². The zero-order valence-corrected chi connectivity index (χ0v) is 12.1. The van der Waals surface area contributed by atoms with Crippen molar-refractivity contribution in [2.75, 3.05) is 19.7 Å². The Morgan fingerprint density at radius 3 is 2.80 bits per heavy atom. The van der Waals surface area contributed by atoms with E-state index in [-0.39, 0.29) is 0 Å². The number of aromatic nitrogens is 2. The number of nitrogens with zero attached hydrogens (tertiary/aromatic N) is 2. The van der Waals surface area contributed by atoms with E-state index >= 15 is 0 Å². The third-order valence-corrected chi connectivity index (χ3v) is 2.83. The average molecular weight is 275 g/mol. The Balaban J connectivity index is 2.04. The van der Waals surface area contributed by atoms with Gasteiger partial charge in [0.2, 0.25) is 5.89 Å². The van der Waals surface area contributed by atoms with E-state index < -0.39 is 0 Å². The van der Waals surface area contributed by atoms with Crippen LogP contribution >= 0.6 is 0 Å². The molecule has 108 valence electrons. The number of para-hydroxylation sites is 1. The molecular weight excluding hydrogens is 254 g/mol. The Labute approximate surface area is 119 Å². The number of ether oxygens (including phenoxy) is 1. The van der Waals surface area contributed by atoms with Crippen molar-refractivity contribution in [2.24, 2.45) is 0 Å². The summed E-state index contributed by atoms with van der Waals surface area (Å²) in [6.45, 7) is 6.56. The number of benzene rings is 1. The van der Waals surface area contributed by atoms with Crippen LogP contribution in [-0.2, 0) is 6.42 Å². The van der Waals surface area contributed by atoms with E-state index in [1.165, 1.54) is 0 Å². The summed E-state index contributed by atoms with van der Waals surface area (Å²) in [5.41, 5.74) is 0.842. The molecule has 0 saturated carbocycles. The highest BCUT2D eigenvalue weighted by molar-refractivity contribution is 5.62. The maximum absolute atomic E-state index is 5.69. The second kappa shape index (κ2) is 7.65. The highest BCUT2D eigenvalue weighted by Gasteiger charge is 2.12. The molecule has 0 radical (unpaired) electrons. The predicted octanol–water partition coefficient (Wildman–Crippen LogP) is 2.68. The second-order valence-corrected chi connectivity index (χ2v) is 4.43. The van der Waals surface area contributed by atoms with Crippen molar-refractivity contribution >= 4 is 0 Å². The first kappa shape index (κ1) is 14.5. The van der Waals surface area contributed by atoms with Crippen molar-refractivity contribution in [3.63, 3.8) is 0 Å². The van der Waals surface area contributed by atoms with Crippen LogP contribution in [0.4, 0.5) is 0 Å². The van der Waals surface area contributed by atoms with E-state index in [2.05, 4.69) is 22.4 Å².